The molecule has 1 atom stereocenters. The zero-order valence-corrected chi connectivity index (χ0v) is 11.6. The van der Waals surface area contributed by atoms with Gasteiger partial charge < -0.3 is 10.4 Å². The summed E-state index contributed by atoms with van der Waals surface area (Å²) in [6.07, 6.45) is 2.79. The second-order valence-electron chi connectivity index (χ2n) is 4.05. The van der Waals surface area contributed by atoms with Crippen LogP contribution < -0.4 is 5.32 Å². The van der Waals surface area contributed by atoms with E-state index in [1.807, 2.05) is 0 Å². The lowest BCUT2D eigenvalue weighted by Crippen LogP contribution is -2.27. The summed E-state index contributed by atoms with van der Waals surface area (Å²) in [6.45, 7) is 3.43. The summed E-state index contributed by atoms with van der Waals surface area (Å²) in [7, 11) is 0. The number of carbonyl (C=O) groups excluding carboxylic acids is 1. The Labute approximate surface area is 118 Å². The summed E-state index contributed by atoms with van der Waals surface area (Å²) in [4.78, 5) is 34.8. The lowest BCUT2D eigenvalue weighted by atomic mass is 10.3. The van der Waals surface area contributed by atoms with Crippen molar-refractivity contribution in [2.75, 3.05) is 0 Å². The number of rotatable bonds is 4. The number of carboxylic acid groups (broad SMARTS) is 1. The number of aryl methyl sites for hydroxylation is 1. The quantitative estimate of drug-likeness (QED) is 0.883. The summed E-state index contributed by atoms with van der Waals surface area (Å²) in [5.41, 5.74) is 0.263. The standard InChI is InChI=1S/C12H12N4O3S/c1-6(11-14-5-9(20-11)12(18)19)15-10(17)8-3-4-13-7(2)16-8/h3-6H,1-2H3,(H,15,17)(H,18,19). The molecule has 7 nitrogen and oxygen atoms in total. The van der Waals surface area contributed by atoms with Crippen molar-refractivity contribution in [3.8, 4) is 0 Å². The highest BCUT2D eigenvalue weighted by Crippen LogP contribution is 2.20. The molecule has 0 aliphatic rings. The normalized spacial score (nSPS) is 11.9. The molecule has 0 aliphatic heterocycles. The van der Waals surface area contributed by atoms with Gasteiger partial charge in [-0.3, -0.25) is 4.79 Å². The van der Waals surface area contributed by atoms with E-state index < -0.39 is 12.0 Å². The summed E-state index contributed by atoms with van der Waals surface area (Å²) in [5.74, 6) is -0.874. The molecule has 2 rings (SSSR count). The number of aromatic carboxylic acids is 1. The summed E-state index contributed by atoms with van der Waals surface area (Å²) in [6, 6.07) is 1.12. The van der Waals surface area contributed by atoms with Crippen LogP contribution >= 0.6 is 11.3 Å². The number of nitrogens with one attached hydrogen (secondary N) is 1. The van der Waals surface area contributed by atoms with Crippen LogP contribution in [0.5, 0.6) is 0 Å². The van der Waals surface area contributed by atoms with E-state index in [0.717, 1.165) is 11.3 Å². The molecule has 2 aromatic rings. The summed E-state index contributed by atoms with van der Waals surface area (Å²) in [5, 5.41) is 12.1. The molecule has 2 heterocycles. The average Bonchev–Trinajstić information content (AvgIpc) is 2.88. The number of carbonyl (C=O) groups is 2. The van der Waals surface area contributed by atoms with Gasteiger partial charge in [0.05, 0.1) is 12.2 Å². The Morgan fingerprint density at radius 1 is 1.40 bits per heavy atom. The van der Waals surface area contributed by atoms with E-state index in [9.17, 15) is 9.59 Å². The van der Waals surface area contributed by atoms with E-state index in [-0.39, 0.29) is 16.5 Å². The fourth-order valence-electron chi connectivity index (χ4n) is 1.50. The van der Waals surface area contributed by atoms with Gasteiger partial charge in [0, 0.05) is 6.20 Å². The van der Waals surface area contributed by atoms with Crippen LogP contribution in [-0.4, -0.2) is 31.9 Å². The maximum absolute atomic E-state index is 12.0. The SMILES string of the molecule is Cc1nccc(C(=O)NC(C)c2ncc(C(=O)O)s2)n1. The van der Waals surface area contributed by atoms with Crippen molar-refractivity contribution in [2.45, 2.75) is 19.9 Å². The minimum Gasteiger partial charge on any atom is -0.477 e. The monoisotopic (exact) mass is 292 g/mol. The van der Waals surface area contributed by atoms with Crippen LogP contribution in [0.1, 0.15) is 44.0 Å². The molecule has 0 saturated heterocycles. The predicted molar refractivity (Wildman–Crippen MR) is 71.7 cm³/mol. The Morgan fingerprint density at radius 3 is 2.75 bits per heavy atom. The van der Waals surface area contributed by atoms with E-state index in [2.05, 4.69) is 20.3 Å². The van der Waals surface area contributed by atoms with Crippen molar-refractivity contribution in [2.24, 2.45) is 0 Å². The number of aromatic nitrogens is 3. The Hall–Kier alpha value is -2.35. The van der Waals surface area contributed by atoms with Crippen LogP contribution in [0.4, 0.5) is 0 Å². The van der Waals surface area contributed by atoms with Gasteiger partial charge in [-0.1, -0.05) is 0 Å². The third-order valence-corrected chi connectivity index (χ3v) is 3.63. The molecule has 0 radical (unpaired) electrons. The molecule has 0 saturated carbocycles. The van der Waals surface area contributed by atoms with Gasteiger partial charge in [0.2, 0.25) is 0 Å². The summed E-state index contributed by atoms with van der Waals surface area (Å²) < 4.78 is 0. The fraction of sp³-hybridized carbons (Fsp3) is 0.250. The molecule has 20 heavy (non-hydrogen) atoms. The maximum Gasteiger partial charge on any atom is 0.347 e. The molecule has 0 aromatic carbocycles. The molecule has 2 aromatic heterocycles. The first-order chi connectivity index (χ1) is 9.47. The van der Waals surface area contributed by atoms with Gasteiger partial charge in [-0.2, -0.15) is 0 Å². The molecule has 0 bridgehead atoms. The van der Waals surface area contributed by atoms with Crippen LogP contribution in [0.3, 0.4) is 0 Å². The first-order valence-corrected chi connectivity index (χ1v) is 6.58. The zero-order valence-electron chi connectivity index (χ0n) is 10.8. The minimum absolute atomic E-state index is 0.138. The number of hydrogen-bond donors (Lipinski definition) is 2. The third-order valence-electron chi connectivity index (χ3n) is 2.46. The Kier molecular flexibility index (Phi) is 4.04. The zero-order chi connectivity index (χ0) is 14.7. The first kappa shape index (κ1) is 14.1. The van der Waals surface area contributed by atoms with Gasteiger partial charge in [-0.15, -0.1) is 11.3 Å². The van der Waals surface area contributed by atoms with Crippen molar-refractivity contribution in [1.29, 1.82) is 0 Å². The van der Waals surface area contributed by atoms with Crippen LogP contribution in [0.15, 0.2) is 18.5 Å². The van der Waals surface area contributed by atoms with Crippen LogP contribution in [0.2, 0.25) is 0 Å². The second-order valence-corrected chi connectivity index (χ2v) is 5.11. The molecule has 8 heteroatoms. The molecule has 2 N–H and O–H groups in total. The van der Waals surface area contributed by atoms with E-state index in [1.165, 1.54) is 18.5 Å². The summed E-state index contributed by atoms with van der Waals surface area (Å²) >= 11 is 1.03. The van der Waals surface area contributed by atoms with Crippen LogP contribution in [-0.2, 0) is 0 Å². The highest BCUT2D eigenvalue weighted by Gasteiger charge is 2.17. The molecular formula is C12H12N4O3S. The van der Waals surface area contributed by atoms with Crippen LogP contribution in [0.25, 0.3) is 0 Å². The minimum atomic E-state index is -1.03. The van der Waals surface area contributed by atoms with E-state index in [4.69, 9.17) is 5.11 Å². The maximum atomic E-state index is 12.0. The van der Waals surface area contributed by atoms with Crippen molar-refractivity contribution in [3.05, 3.63) is 39.9 Å². The second kappa shape index (κ2) is 5.74. The molecule has 0 aliphatic carbocycles. The Morgan fingerprint density at radius 2 is 2.15 bits per heavy atom. The van der Waals surface area contributed by atoms with Gasteiger partial charge in [0.25, 0.3) is 5.91 Å². The van der Waals surface area contributed by atoms with Crippen molar-refractivity contribution in [1.82, 2.24) is 20.3 Å². The lowest BCUT2D eigenvalue weighted by Gasteiger charge is -2.10. The molecule has 104 valence electrons. The molecule has 1 unspecified atom stereocenters. The van der Waals surface area contributed by atoms with Crippen LogP contribution in [0, 0.1) is 6.92 Å². The van der Waals surface area contributed by atoms with Crippen molar-refractivity contribution in [3.63, 3.8) is 0 Å². The smallest absolute Gasteiger partial charge is 0.347 e. The topological polar surface area (TPSA) is 105 Å². The first-order valence-electron chi connectivity index (χ1n) is 5.77. The number of hydrogen-bond acceptors (Lipinski definition) is 6. The number of amides is 1. The number of carboxylic acids is 1. The molecule has 1 amide bonds. The van der Waals surface area contributed by atoms with Gasteiger partial charge in [0.15, 0.2) is 0 Å². The van der Waals surface area contributed by atoms with E-state index in [1.54, 1.807) is 13.8 Å². The van der Waals surface area contributed by atoms with E-state index in [0.29, 0.717) is 10.8 Å². The molecule has 0 fully saturated rings. The molecule has 0 spiro atoms. The largest absolute Gasteiger partial charge is 0.477 e. The van der Waals surface area contributed by atoms with Gasteiger partial charge in [0.1, 0.15) is 21.4 Å². The van der Waals surface area contributed by atoms with Gasteiger partial charge >= 0.3 is 5.97 Å². The highest BCUT2D eigenvalue weighted by molar-refractivity contribution is 7.13. The fourth-order valence-corrected chi connectivity index (χ4v) is 2.26. The number of nitrogens with zero attached hydrogens (tertiary/aromatic N) is 3. The number of thiazole rings is 1. The Bertz CT molecular complexity index is 656. The lowest BCUT2D eigenvalue weighted by molar-refractivity contribution is 0.0701. The van der Waals surface area contributed by atoms with Gasteiger partial charge in [-0.05, 0) is 19.9 Å². The molecular weight excluding hydrogens is 280 g/mol. The highest BCUT2D eigenvalue weighted by atomic mass is 32.1. The third kappa shape index (κ3) is 3.15. The predicted octanol–water partition coefficient (Wildman–Crippen LogP) is 1.43. The Balaban J connectivity index is 2.08. The van der Waals surface area contributed by atoms with Crippen molar-refractivity contribution < 1.29 is 14.7 Å². The van der Waals surface area contributed by atoms with E-state index >= 15 is 0 Å². The average molecular weight is 292 g/mol. The van der Waals surface area contributed by atoms with Gasteiger partial charge in [-0.25, -0.2) is 19.7 Å². The van der Waals surface area contributed by atoms with Crippen molar-refractivity contribution >= 4 is 23.2 Å².